The summed E-state index contributed by atoms with van der Waals surface area (Å²) >= 11 is 6.44. The van der Waals surface area contributed by atoms with Crippen LogP contribution in [0.5, 0.6) is 0 Å². The van der Waals surface area contributed by atoms with Gasteiger partial charge in [0.15, 0.2) is 0 Å². The van der Waals surface area contributed by atoms with Gasteiger partial charge in [-0.3, -0.25) is 4.79 Å². The minimum Gasteiger partial charge on any atom is -0.311 e. The number of benzene rings is 3. The van der Waals surface area contributed by atoms with Gasteiger partial charge in [0.2, 0.25) is 5.91 Å². The third-order valence-electron chi connectivity index (χ3n) is 7.20. The summed E-state index contributed by atoms with van der Waals surface area (Å²) in [5.41, 5.74) is 1.66. The average molecular weight is 559 g/mol. The number of aryl methyl sites for hydroxylation is 1. The van der Waals surface area contributed by atoms with Gasteiger partial charge in [0.1, 0.15) is 5.41 Å². The first-order valence-electron chi connectivity index (χ1n) is 12.7. The van der Waals surface area contributed by atoms with Crippen molar-refractivity contribution >= 4 is 38.9 Å². The zero-order valence-corrected chi connectivity index (χ0v) is 23.2. The molecule has 0 aliphatic carbocycles. The minimum atomic E-state index is -4.20. The van der Waals surface area contributed by atoms with Gasteiger partial charge in [0.05, 0.1) is 28.4 Å². The fraction of sp³-hybridized carbons (Fsp3) is 0.233. The molecule has 198 valence electrons. The predicted molar refractivity (Wildman–Crippen MR) is 152 cm³/mol. The number of rotatable bonds is 6. The summed E-state index contributed by atoms with van der Waals surface area (Å²) in [6.07, 6.45) is 2.82. The van der Waals surface area contributed by atoms with Crippen LogP contribution < -0.4 is 4.90 Å². The van der Waals surface area contributed by atoms with E-state index in [-0.39, 0.29) is 22.8 Å². The van der Waals surface area contributed by atoms with Crippen LogP contribution in [0.4, 0.5) is 5.69 Å². The molecule has 3 aromatic carbocycles. The van der Waals surface area contributed by atoms with Crippen molar-refractivity contribution in [1.82, 2.24) is 4.41 Å². The second-order valence-corrected chi connectivity index (χ2v) is 11.9. The number of hydrogen-bond donors (Lipinski definition) is 0. The highest BCUT2D eigenvalue weighted by Gasteiger charge is 2.55. The first-order valence-corrected chi connectivity index (χ1v) is 14.5. The minimum absolute atomic E-state index is 0.00880. The van der Waals surface area contributed by atoms with E-state index in [1.54, 1.807) is 35.2 Å². The van der Waals surface area contributed by atoms with E-state index in [9.17, 15) is 18.5 Å². The summed E-state index contributed by atoms with van der Waals surface area (Å²) in [5.74, 6) is -0.292. The van der Waals surface area contributed by atoms with E-state index in [0.717, 1.165) is 22.8 Å². The Kier molecular flexibility index (Phi) is 7.06. The van der Waals surface area contributed by atoms with Crippen molar-refractivity contribution in [2.24, 2.45) is 5.10 Å². The van der Waals surface area contributed by atoms with Gasteiger partial charge in [0, 0.05) is 23.7 Å². The van der Waals surface area contributed by atoms with Crippen molar-refractivity contribution < 1.29 is 13.2 Å². The lowest BCUT2D eigenvalue weighted by Gasteiger charge is -2.28. The third-order valence-corrected chi connectivity index (χ3v) is 8.98. The smallest absolute Gasteiger partial charge is 0.282 e. The monoisotopic (exact) mass is 558 g/mol. The molecule has 1 atom stereocenters. The first kappa shape index (κ1) is 26.7. The molecule has 0 fully saturated rings. The molecule has 7 nitrogen and oxygen atoms in total. The molecular weight excluding hydrogens is 532 g/mol. The van der Waals surface area contributed by atoms with E-state index in [1.165, 1.54) is 18.3 Å². The highest BCUT2D eigenvalue weighted by molar-refractivity contribution is 7.89. The Hall–Kier alpha value is -3.93. The second kappa shape index (κ2) is 10.3. The molecule has 2 heterocycles. The van der Waals surface area contributed by atoms with Crippen LogP contribution in [0.3, 0.4) is 0 Å². The number of halogens is 1. The van der Waals surface area contributed by atoms with Crippen LogP contribution in [-0.4, -0.2) is 31.0 Å². The summed E-state index contributed by atoms with van der Waals surface area (Å²) in [6.45, 7) is 4.37. The molecule has 0 aromatic heterocycles. The molecule has 39 heavy (non-hydrogen) atoms. The number of fused-ring (bicyclic) bond motifs is 2. The molecule has 0 N–H and O–H groups in total. The molecule has 3 aromatic rings. The Morgan fingerprint density at radius 3 is 2.46 bits per heavy atom. The van der Waals surface area contributed by atoms with E-state index in [4.69, 9.17) is 11.6 Å². The van der Waals surface area contributed by atoms with Crippen molar-refractivity contribution in [3.8, 4) is 6.07 Å². The number of carbonyl (C=O) groups is 1. The van der Waals surface area contributed by atoms with Gasteiger partial charge in [-0.25, -0.2) is 0 Å². The molecule has 2 aliphatic heterocycles. The van der Waals surface area contributed by atoms with Crippen molar-refractivity contribution in [3.63, 3.8) is 0 Å². The molecule has 1 unspecified atom stereocenters. The van der Waals surface area contributed by atoms with Crippen molar-refractivity contribution in [2.45, 2.75) is 43.4 Å². The van der Waals surface area contributed by atoms with Crippen LogP contribution in [0.25, 0.3) is 0 Å². The van der Waals surface area contributed by atoms with E-state index in [0.29, 0.717) is 34.1 Å². The summed E-state index contributed by atoms with van der Waals surface area (Å²) in [4.78, 5) is 16.1. The lowest BCUT2D eigenvalue weighted by Crippen LogP contribution is -2.43. The molecule has 0 saturated heterocycles. The maximum Gasteiger partial charge on any atom is 0.282 e. The van der Waals surface area contributed by atoms with Gasteiger partial charge in [-0.05, 0) is 54.8 Å². The highest BCUT2D eigenvalue weighted by Crippen LogP contribution is 2.51. The summed E-state index contributed by atoms with van der Waals surface area (Å²) in [6, 6.07) is 22.9. The Morgan fingerprint density at radius 2 is 1.79 bits per heavy atom. The summed E-state index contributed by atoms with van der Waals surface area (Å²) < 4.78 is 28.5. The van der Waals surface area contributed by atoms with E-state index in [2.05, 4.69) is 11.2 Å². The van der Waals surface area contributed by atoms with Crippen LogP contribution in [-0.2, 0) is 20.2 Å². The van der Waals surface area contributed by atoms with Crippen LogP contribution in [0, 0.1) is 18.3 Å². The van der Waals surface area contributed by atoms with E-state index < -0.39 is 15.4 Å². The number of anilines is 1. The largest absolute Gasteiger partial charge is 0.311 e. The molecule has 0 bridgehead atoms. The number of hydrogen-bond acceptors (Lipinski definition) is 5. The number of sulfonamides is 1. The van der Waals surface area contributed by atoms with Gasteiger partial charge >= 0.3 is 0 Å². The van der Waals surface area contributed by atoms with E-state index in [1.807, 2.05) is 44.2 Å². The summed E-state index contributed by atoms with van der Waals surface area (Å²) in [7, 11) is -4.20. The van der Waals surface area contributed by atoms with Crippen LogP contribution in [0.2, 0.25) is 5.02 Å². The first-order chi connectivity index (χ1) is 18.7. The van der Waals surface area contributed by atoms with Crippen LogP contribution in [0.15, 0.2) is 94.6 Å². The zero-order valence-electron chi connectivity index (χ0n) is 21.6. The third kappa shape index (κ3) is 4.52. The highest BCUT2D eigenvalue weighted by atomic mass is 35.5. The maximum atomic E-state index is 14.4. The average Bonchev–Trinajstić information content (AvgIpc) is 3.05. The Balaban J connectivity index is 1.78. The molecule has 0 radical (unpaired) electrons. The Labute approximate surface area is 233 Å². The molecule has 0 saturated carbocycles. The molecule has 5 rings (SSSR count). The standard InChI is InChI=1S/C30H27ClN4O3S/c1-3-4-16-34-28-15-12-24(31)17-26(28)30(29(34)36)18-27(22-8-6-5-7-9-22)33-35(20-23(30)19-32)39(37,38)25-13-10-21(2)11-14-25/h5-15,17,20H,3-4,16,18H2,1-2H3. The van der Waals surface area contributed by atoms with Crippen LogP contribution in [0.1, 0.15) is 42.9 Å². The number of nitriles is 1. The second-order valence-electron chi connectivity index (χ2n) is 9.71. The SMILES string of the molecule is CCCCN1C(=O)C2(CC(c3ccccc3)=NN(S(=O)(=O)c3ccc(C)cc3)C=C2C#N)c2cc(Cl)ccc21. The topological polar surface area (TPSA) is 93.8 Å². The fourth-order valence-corrected chi connectivity index (χ4v) is 6.43. The van der Waals surface area contributed by atoms with Crippen LogP contribution >= 0.6 is 11.6 Å². The quantitative estimate of drug-likeness (QED) is 0.374. The van der Waals surface area contributed by atoms with Gasteiger partial charge < -0.3 is 4.90 Å². The van der Waals surface area contributed by atoms with Crippen molar-refractivity contribution in [3.05, 3.63) is 106 Å². The van der Waals surface area contributed by atoms with Gasteiger partial charge in [0.25, 0.3) is 10.0 Å². The van der Waals surface area contributed by atoms with E-state index >= 15 is 0 Å². The van der Waals surface area contributed by atoms with Crippen molar-refractivity contribution in [2.75, 3.05) is 11.4 Å². The zero-order chi connectivity index (χ0) is 27.8. The van der Waals surface area contributed by atoms with Crippen molar-refractivity contribution in [1.29, 1.82) is 5.26 Å². The van der Waals surface area contributed by atoms with Gasteiger partial charge in [-0.15, -0.1) is 0 Å². The lowest BCUT2D eigenvalue weighted by molar-refractivity contribution is -0.121. The lowest BCUT2D eigenvalue weighted by atomic mass is 9.71. The van der Waals surface area contributed by atoms with Gasteiger partial charge in [-0.2, -0.15) is 23.2 Å². The Bertz CT molecular complexity index is 1640. The maximum absolute atomic E-state index is 14.4. The number of hydrazone groups is 1. The molecule has 9 heteroatoms. The summed E-state index contributed by atoms with van der Waals surface area (Å²) in [5, 5.41) is 15.5. The molecule has 1 spiro atoms. The Morgan fingerprint density at radius 1 is 1.08 bits per heavy atom. The number of amides is 1. The normalized spacial score (nSPS) is 18.9. The predicted octanol–water partition coefficient (Wildman–Crippen LogP) is 5.94. The number of nitrogens with zero attached hydrogens (tertiary/aromatic N) is 4. The molecular formula is C30H27ClN4O3S. The number of carbonyl (C=O) groups excluding carboxylic acids is 1. The number of unbranched alkanes of at least 4 members (excludes halogenated alkanes) is 1. The fourth-order valence-electron chi connectivity index (χ4n) is 5.12. The molecule has 2 aliphatic rings. The molecule has 1 amide bonds. The van der Waals surface area contributed by atoms with Gasteiger partial charge in [-0.1, -0.05) is 73.0 Å².